The van der Waals surface area contributed by atoms with Crippen LogP contribution in [0.1, 0.15) is 17.3 Å². The van der Waals surface area contributed by atoms with Crippen LogP contribution < -0.4 is 4.74 Å². The molecule has 0 radical (unpaired) electrons. The number of aldehydes is 1. The van der Waals surface area contributed by atoms with Crippen LogP contribution >= 0.6 is 31.9 Å². The Morgan fingerprint density at radius 3 is 2.72 bits per heavy atom. The van der Waals surface area contributed by atoms with Gasteiger partial charge in [0.05, 0.1) is 29.0 Å². The third-order valence-corrected chi connectivity index (χ3v) is 2.89. The standard InChI is InChI=1S/C12H10Br2O4/c1-2-17-11(16)3-4-18-12-8(7-15)5-9(13)6-10(12)14/h3-7H,2H2,1H3. The van der Waals surface area contributed by atoms with Crippen molar-refractivity contribution in [3.63, 3.8) is 0 Å². The van der Waals surface area contributed by atoms with Gasteiger partial charge in [0.25, 0.3) is 0 Å². The lowest BCUT2D eigenvalue weighted by Gasteiger charge is -2.07. The maximum absolute atomic E-state index is 11.0. The van der Waals surface area contributed by atoms with E-state index in [1.807, 2.05) is 0 Å². The number of hydrogen-bond acceptors (Lipinski definition) is 4. The minimum absolute atomic E-state index is 0.296. The van der Waals surface area contributed by atoms with Crippen LogP contribution in [0.3, 0.4) is 0 Å². The van der Waals surface area contributed by atoms with Crippen LogP contribution in [0.5, 0.6) is 5.75 Å². The first-order chi connectivity index (χ1) is 8.58. The molecule has 96 valence electrons. The molecule has 0 saturated carbocycles. The fourth-order valence-electron chi connectivity index (χ4n) is 1.14. The topological polar surface area (TPSA) is 52.6 Å². The quantitative estimate of drug-likeness (QED) is 0.341. The Hall–Kier alpha value is -1.14. The fraction of sp³-hybridized carbons (Fsp3) is 0.167. The molecule has 0 atom stereocenters. The molecule has 0 aliphatic heterocycles. The summed E-state index contributed by atoms with van der Waals surface area (Å²) in [5.74, 6) is -0.160. The molecule has 0 aromatic heterocycles. The lowest BCUT2D eigenvalue weighted by Crippen LogP contribution is -2.00. The number of halogens is 2. The van der Waals surface area contributed by atoms with Gasteiger partial charge in [-0.1, -0.05) is 15.9 Å². The summed E-state index contributed by atoms with van der Waals surface area (Å²) in [7, 11) is 0. The van der Waals surface area contributed by atoms with Crippen LogP contribution in [0.2, 0.25) is 0 Å². The Kier molecular flexibility index (Phi) is 6.07. The van der Waals surface area contributed by atoms with Crippen molar-refractivity contribution < 1.29 is 19.1 Å². The Bertz CT molecular complexity index is 483. The lowest BCUT2D eigenvalue weighted by molar-refractivity contribution is -0.137. The predicted octanol–water partition coefficient (Wildman–Crippen LogP) is 3.48. The maximum atomic E-state index is 11.0. The van der Waals surface area contributed by atoms with Crippen LogP contribution in [-0.4, -0.2) is 18.9 Å². The first-order valence-corrected chi connectivity index (χ1v) is 6.61. The summed E-state index contributed by atoms with van der Waals surface area (Å²) in [6.45, 7) is 2.01. The van der Waals surface area contributed by atoms with Crippen molar-refractivity contribution >= 4 is 44.1 Å². The third kappa shape index (κ3) is 4.27. The predicted molar refractivity (Wildman–Crippen MR) is 73.6 cm³/mol. The summed E-state index contributed by atoms with van der Waals surface area (Å²) in [5, 5.41) is 0. The van der Waals surface area contributed by atoms with Gasteiger partial charge in [-0.3, -0.25) is 4.79 Å². The van der Waals surface area contributed by atoms with Crippen LogP contribution in [-0.2, 0) is 9.53 Å². The zero-order valence-corrected chi connectivity index (χ0v) is 12.7. The SMILES string of the molecule is CCOC(=O)C=COc1c(Br)cc(Br)cc1C=O. The number of benzene rings is 1. The van der Waals surface area contributed by atoms with Crippen molar-refractivity contribution in [1.82, 2.24) is 0 Å². The molecule has 4 nitrogen and oxygen atoms in total. The lowest BCUT2D eigenvalue weighted by atomic mass is 10.2. The molecule has 0 heterocycles. The maximum Gasteiger partial charge on any atom is 0.333 e. The second-order valence-corrected chi connectivity index (χ2v) is 4.87. The van der Waals surface area contributed by atoms with Crippen molar-refractivity contribution in [1.29, 1.82) is 0 Å². The molecule has 18 heavy (non-hydrogen) atoms. The first kappa shape index (κ1) is 14.9. The number of carbonyl (C=O) groups excluding carboxylic acids is 2. The molecule has 0 unspecified atom stereocenters. The smallest absolute Gasteiger partial charge is 0.333 e. The largest absolute Gasteiger partial charge is 0.463 e. The molecule has 1 aromatic rings. The zero-order valence-electron chi connectivity index (χ0n) is 9.48. The minimum Gasteiger partial charge on any atom is -0.463 e. The number of esters is 1. The van der Waals surface area contributed by atoms with Crippen molar-refractivity contribution in [3.8, 4) is 5.75 Å². The molecule has 6 heteroatoms. The molecular formula is C12H10Br2O4. The van der Waals surface area contributed by atoms with Gasteiger partial charge in [0.15, 0.2) is 12.0 Å². The van der Waals surface area contributed by atoms with Gasteiger partial charge in [-0.05, 0) is 35.0 Å². The van der Waals surface area contributed by atoms with E-state index in [1.54, 1.807) is 19.1 Å². The number of rotatable bonds is 5. The zero-order chi connectivity index (χ0) is 13.5. The summed E-state index contributed by atoms with van der Waals surface area (Å²) in [4.78, 5) is 21.9. The van der Waals surface area contributed by atoms with Crippen molar-refractivity contribution in [2.75, 3.05) is 6.61 Å². The summed E-state index contributed by atoms with van der Waals surface area (Å²) in [6, 6.07) is 3.35. The number of ether oxygens (including phenoxy) is 2. The summed E-state index contributed by atoms with van der Waals surface area (Å²) < 4.78 is 11.3. The van der Waals surface area contributed by atoms with E-state index in [-0.39, 0.29) is 0 Å². The Morgan fingerprint density at radius 1 is 1.39 bits per heavy atom. The van der Waals surface area contributed by atoms with Gasteiger partial charge in [0, 0.05) is 4.47 Å². The number of carbonyl (C=O) groups is 2. The highest BCUT2D eigenvalue weighted by molar-refractivity contribution is 9.11. The Balaban J connectivity index is 2.84. The number of hydrogen-bond donors (Lipinski definition) is 0. The third-order valence-electron chi connectivity index (χ3n) is 1.84. The van der Waals surface area contributed by atoms with Gasteiger partial charge in [0.2, 0.25) is 0 Å². The molecule has 0 aliphatic carbocycles. The van der Waals surface area contributed by atoms with E-state index in [0.29, 0.717) is 28.7 Å². The van der Waals surface area contributed by atoms with Crippen LogP contribution in [0.15, 0.2) is 33.4 Å². The average molecular weight is 378 g/mol. The normalized spacial score (nSPS) is 10.4. The molecule has 0 fully saturated rings. The highest BCUT2D eigenvalue weighted by Gasteiger charge is 2.09. The molecule has 0 aliphatic rings. The Morgan fingerprint density at radius 2 is 2.11 bits per heavy atom. The van der Waals surface area contributed by atoms with E-state index >= 15 is 0 Å². The average Bonchev–Trinajstić information content (AvgIpc) is 2.31. The van der Waals surface area contributed by atoms with Gasteiger partial charge in [-0.15, -0.1) is 0 Å². The van der Waals surface area contributed by atoms with Crippen LogP contribution in [0, 0.1) is 0 Å². The molecular weight excluding hydrogens is 368 g/mol. The molecule has 0 amide bonds. The molecule has 1 aromatic carbocycles. The van der Waals surface area contributed by atoms with Gasteiger partial charge in [0.1, 0.15) is 0 Å². The van der Waals surface area contributed by atoms with Crippen molar-refractivity contribution in [2.24, 2.45) is 0 Å². The second-order valence-electron chi connectivity index (χ2n) is 3.10. The first-order valence-electron chi connectivity index (χ1n) is 5.02. The summed E-state index contributed by atoms with van der Waals surface area (Å²) >= 11 is 6.54. The molecule has 0 saturated heterocycles. The van der Waals surface area contributed by atoms with Crippen molar-refractivity contribution in [3.05, 3.63) is 39.0 Å². The Labute approximate surface area is 121 Å². The van der Waals surface area contributed by atoms with E-state index in [9.17, 15) is 9.59 Å². The van der Waals surface area contributed by atoms with E-state index < -0.39 is 5.97 Å². The molecule has 0 N–H and O–H groups in total. The molecule has 1 rings (SSSR count). The van der Waals surface area contributed by atoms with E-state index in [1.165, 1.54) is 6.26 Å². The van der Waals surface area contributed by atoms with E-state index in [0.717, 1.165) is 10.5 Å². The van der Waals surface area contributed by atoms with Gasteiger partial charge in [-0.2, -0.15) is 0 Å². The van der Waals surface area contributed by atoms with Crippen LogP contribution in [0.4, 0.5) is 0 Å². The van der Waals surface area contributed by atoms with Crippen LogP contribution in [0.25, 0.3) is 0 Å². The van der Waals surface area contributed by atoms with E-state index in [2.05, 4.69) is 31.9 Å². The van der Waals surface area contributed by atoms with Crippen molar-refractivity contribution in [2.45, 2.75) is 6.92 Å². The highest BCUT2D eigenvalue weighted by Crippen LogP contribution is 2.32. The molecule has 0 spiro atoms. The van der Waals surface area contributed by atoms with Gasteiger partial charge >= 0.3 is 5.97 Å². The van der Waals surface area contributed by atoms with Gasteiger partial charge < -0.3 is 9.47 Å². The molecule has 0 bridgehead atoms. The summed E-state index contributed by atoms with van der Waals surface area (Å²) in [5.41, 5.74) is 0.366. The summed E-state index contributed by atoms with van der Waals surface area (Å²) in [6.07, 6.45) is 2.99. The minimum atomic E-state index is -0.501. The fourth-order valence-corrected chi connectivity index (χ4v) is 2.49. The van der Waals surface area contributed by atoms with E-state index in [4.69, 9.17) is 9.47 Å². The second kappa shape index (κ2) is 7.33. The monoisotopic (exact) mass is 376 g/mol. The van der Waals surface area contributed by atoms with Gasteiger partial charge in [-0.25, -0.2) is 4.79 Å². The highest BCUT2D eigenvalue weighted by atomic mass is 79.9.